The van der Waals surface area contributed by atoms with E-state index in [1.807, 2.05) is 43.5 Å². The van der Waals surface area contributed by atoms with Gasteiger partial charge in [-0.1, -0.05) is 48.0 Å². The minimum atomic E-state index is -1.05. The fourth-order valence-electron chi connectivity index (χ4n) is 5.45. The molecule has 0 spiro atoms. The highest BCUT2D eigenvalue weighted by atomic mass is 35.5. The Balaban J connectivity index is 1.36. The molecule has 1 heterocycles. The standard InChI is InChI=1S/C37H44ClN3O8S/c1-22-12-34(33(38)13-26(22)16-40-18-28(43)15-36(46)47)49-20-25-6-4-7-30(23(25)2)31-8-5-9-32(24(31)3)37-41-19-29(50-37)21-48-11-10-39-17-27(42)14-35(44)45/h4-9,12-13,19,27-28,39-40,42-43H,10-11,14-18,20-21H2,1-3H3,(H,44,45)(H,46,47)/t27-,28-/m0/s1. The Morgan fingerprint density at radius 1 is 0.860 bits per heavy atom. The first-order valence-electron chi connectivity index (χ1n) is 16.3. The van der Waals surface area contributed by atoms with Gasteiger partial charge in [0.05, 0.1) is 48.2 Å². The third kappa shape index (κ3) is 11.3. The number of carbonyl (C=O) groups is 2. The van der Waals surface area contributed by atoms with Gasteiger partial charge in [-0.2, -0.15) is 0 Å². The van der Waals surface area contributed by atoms with Gasteiger partial charge >= 0.3 is 11.9 Å². The van der Waals surface area contributed by atoms with Crippen LogP contribution in [0.3, 0.4) is 0 Å². The van der Waals surface area contributed by atoms with Gasteiger partial charge in [-0.3, -0.25) is 9.59 Å². The van der Waals surface area contributed by atoms with Crippen molar-refractivity contribution in [3.63, 3.8) is 0 Å². The molecule has 6 N–H and O–H groups in total. The summed E-state index contributed by atoms with van der Waals surface area (Å²) in [7, 11) is 0. The van der Waals surface area contributed by atoms with Crippen LogP contribution in [0.15, 0.2) is 54.7 Å². The average molecular weight is 726 g/mol. The summed E-state index contributed by atoms with van der Waals surface area (Å²) in [5.41, 5.74) is 8.36. The van der Waals surface area contributed by atoms with Gasteiger partial charge in [0.25, 0.3) is 0 Å². The van der Waals surface area contributed by atoms with Gasteiger partial charge in [0.1, 0.15) is 17.4 Å². The fourth-order valence-corrected chi connectivity index (χ4v) is 6.62. The van der Waals surface area contributed by atoms with Crippen molar-refractivity contribution >= 4 is 34.9 Å². The normalized spacial score (nSPS) is 12.5. The molecule has 0 saturated carbocycles. The number of aliphatic hydroxyl groups excluding tert-OH is 2. The van der Waals surface area contributed by atoms with Crippen LogP contribution in [-0.2, 0) is 34.1 Å². The zero-order valence-corrected chi connectivity index (χ0v) is 29.9. The van der Waals surface area contributed by atoms with Crippen LogP contribution in [-0.4, -0.2) is 75.8 Å². The van der Waals surface area contributed by atoms with Gasteiger partial charge in [0.2, 0.25) is 0 Å². The molecule has 3 aromatic carbocycles. The van der Waals surface area contributed by atoms with Crippen LogP contribution in [0.4, 0.5) is 0 Å². The third-order valence-corrected chi connectivity index (χ3v) is 9.49. The number of aliphatic carboxylic acids is 2. The number of thiazole rings is 1. The van der Waals surface area contributed by atoms with Gasteiger partial charge in [0.15, 0.2) is 0 Å². The highest BCUT2D eigenvalue weighted by molar-refractivity contribution is 7.15. The number of ether oxygens (including phenoxy) is 2. The summed E-state index contributed by atoms with van der Waals surface area (Å²) in [6.07, 6.45) is -0.688. The molecule has 4 aromatic rings. The summed E-state index contributed by atoms with van der Waals surface area (Å²) < 4.78 is 12.0. The number of benzene rings is 3. The van der Waals surface area contributed by atoms with Crippen LogP contribution in [0, 0.1) is 20.8 Å². The van der Waals surface area contributed by atoms with E-state index < -0.39 is 24.1 Å². The minimum Gasteiger partial charge on any atom is -0.487 e. The summed E-state index contributed by atoms with van der Waals surface area (Å²) in [5, 5.41) is 44.4. The zero-order chi connectivity index (χ0) is 36.2. The van der Waals surface area contributed by atoms with E-state index in [4.69, 9.17) is 31.3 Å². The molecule has 268 valence electrons. The molecule has 0 bridgehead atoms. The molecule has 2 atom stereocenters. The van der Waals surface area contributed by atoms with Gasteiger partial charge < -0.3 is 40.5 Å². The number of hydrogen-bond donors (Lipinski definition) is 6. The molecule has 1 aromatic heterocycles. The fraction of sp³-hybridized carbons (Fsp3) is 0.378. The maximum absolute atomic E-state index is 10.8. The van der Waals surface area contributed by atoms with Crippen molar-refractivity contribution < 1.29 is 39.5 Å². The Morgan fingerprint density at radius 2 is 1.50 bits per heavy atom. The molecule has 0 aliphatic carbocycles. The molecule has 13 heteroatoms. The first-order valence-corrected chi connectivity index (χ1v) is 17.5. The number of carboxylic acid groups (broad SMARTS) is 2. The van der Waals surface area contributed by atoms with Gasteiger partial charge in [-0.05, 0) is 71.8 Å². The maximum Gasteiger partial charge on any atom is 0.306 e. The molecule has 4 rings (SSSR count). The molecular formula is C37H44ClN3O8S. The van der Waals surface area contributed by atoms with Crippen molar-refractivity contribution in [2.45, 2.75) is 65.6 Å². The molecule has 11 nitrogen and oxygen atoms in total. The van der Waals surface area contributed by atoms with Crippen LogP contribution in [0.2, 0.25) is 5.02 Å². The topological polar surface area (TPSA) is 170 Å². The van der Waals surface area contributed by atoms with Gasteiger partial charge in [-0.25, -0.2) is 4.98 Å². The quantitative estimate of drug-likeness (QED) is 0.0636. The van der Waals surface area contributed by atoms with Crippen molar-refractivity contribution in [3.05, 3.63) is 92.4 Å². The third-order valence-electron chi connectivity index (χ3n) is 8.19. The van der Waals surface area contributed by atoms with Crippen LogP contribution in [0.5, 0.6) is 5.75 Å². The zero-order valence-electron chi connectivity index (χ0n) is 28.4. The first-order chi connectivity index (χ1) is 23.9. The number of hydrogen-bond acceptors (Lipinski definition) is 10. The second-order valence-corrected chi connectivity index (χ2v) is 13.6. The summed E-state index contributed by atoms with van der Waals surface area (Å²) in [6.45, 7) is 8.56. The van der Waals surface area contributed by atoms with E-state index >= 15 is 0 Å². The highest BCUT2D eigenvalue weighted by Crippen LogP contribution is 2.36. The first kappa shape index (κ1) is 38.9. The minimum absolute atomic E-state index is 0.159. The smallest absolute Gasteiger partial charge is 0.306 e. The Bertz CT molecular complexity index is 1760. The molecular weight excluding hydrogens is 682 g/mol. The summed E-state index contributed by atoms with van der Waals surface area (Å²) in [5.74, 6) is -1.51. The largest absolute Gasteiger partial charge is 0.487 e. The van der Waals surface area contributed by atoms with E-state index in [-0.39, 0.29) is 25.9 Å². The Hall–Kier alpha value is -3.88. The Morgan fingerprint density at radius 3 is 2.20 bits per heavy atom. The van der Waals surface area contributed by atoms with Crippen molar-refractivity contribution in [2.75, 3.05) is 26.2 Å². The molecule has 50 heavy (non-hydrogen) atoms. The van der Waals surface area contributed by atoms with Crippen LogP contribution in [0.1, 0.15) is 45.5 Å². The van der Waals surface area contributed by atoms with E-state index in [2.05, 4.69) is 47.7 Å². The lowest BCUT2D eigenvalue weighted by molar-refractivity contribution is -0.140. The van der Waals surface area contributed by atoms with Crippen LogP contribution < -0.4 is 15.4 Å². The number of halogens is 1. The van der Waals surface area contributed by atoms with E-state index in [0.29, 0.717) is 43.7 Å². The molecule has 0 amide bonds. The van der Waals surface area contributed by atoms with Crippen molar-refractivity contribution in [1.82, 2.24) is 15.6 Å². The predicted molar refractivity (Wildman–Crippen MR) is 194 cm³/mol. The van der Waals surface area contributed by atoms with Gasteiger partial charge in [0, 0.05) is 37.9 Å². The van der Waals surface area contributed by atoms with E-state index in [9.17, 15) is 19.8 Å². The van der Waals surface area contributed by atoms with Crippen LogP contribution in [0.25, 0.3) is 21.7 Å². The maximum atomic E-state index is 10.8. The number of aromatic nitrogens is 1. The predicted octanol–water partition coefficient (Wildman–Crippen LogP) is 5.50. The highest BCUT2D eigenvalue weighted by Gasteiger charge is 2.16. The Labute approximate surface area is 300 Å². The molecule has 0 aliphatic heterocycles. The average Bonchev–Trinajstić information content (AvgIpc) is 3.52. The van der Waals surface area contributed by atoms with Gasteiger partial charge in [-0.15, -0.1) is 11.3 Å². The summed E-state index contributed by atoms with van der Waals surface area (Å²) >= 11 is 8.17. The number of aliphatic hydroxyl groups is 2. The Kier molecular flexibility index (Phi) is 14.7. The molecule has 0 unspecified atom stereocenters. The molecule has 0 aliphatic rings. The molecule has 0 radical (unpaired) electrons. The van der Waals surface area contributed by atoms with E-state index in [1.165, 1.54) is 0 Å². The van der Waals surface area contributed by atoms with Crippen LogP contribution >= 0.6 is 22.9 Å². The number of nitrogens with one attached hydrogen (secondary N) is 2. The molecule has 0 saturated heterocycles. The van der Waals surface area contributed by atoms with Crippen molar-refractivity contribution in [1.29, 1.82) is 0 Å². The lowest BCUT2D eigenvalue weighted by Crippen LogP contribution is -2.30. The number of nitrogens with zero attached hydrogens (tertiary/aromatic N) is 1. The summed E-state index contributed by atoms with van der Waals surface area (Å²) in [4.78, 5) is 27.1. The summed E-state index contributed by atoms with van der Waals surface area (Å²) in [6, 6.07) is 16.1. The SMILES string of the molecule is Cc1cc(OCc2cccc(-c3cccc(-c4ncc(COCCNC[C@@H](O)CC(=O)O)s4)c3C)c2C)c(Cl)cc1CNC[C@@H](O)CC(=O)O. The van der Waals surface area contributed by atoms with Crippen molar-refractivity contribution in [3.8, 4) is 27.4 Å². The van der Waals surface area contributed by atoms with E-state index in [1.54, 1.807) is 11.3 Å². The van der Waals surface area contributed by atoms with E-state index in [0.717, 1.165) is 54.4 Å². The lowest BCUT2D eigenvalue weighted by atomic mass is 9.92. The molecule has 0 fully saturated rings. The lowest BCUT2D eigenvalue weighted by Gasteiger charge is -2.17. The number of rotatable bonds is 20. The second kappa shape index (κ2) is 18.9. The second-order valence-electron chi connectivity index (χ2n) is 12.1. The van der Waals surface area contributed by atoms with Crippen molar-refractivity contribution in [2.24, 2.45) is 0 Å². The number of carboxylic acids is 2. The monoisotopic (exact) mass is 725 g/mol. The number of aryl methyl sites for hydroxylation is 1.